The summed E-state index contributed by atoms with van der Waals surface area (Å²) in [6.45, 7) is 2.54. The summed E-state index contributed by atoms with van der Waals surface area (Å²) in [5.74, 6) is 0.870. The second-order valence-electron chi connectivity index (χ2n) is 4.28. The highest BCUT2D eigenvalue weighted by Crippen LogP contribution is 2.26. The first-order chi connectivity index (χ1) is 8.70. The maximum Gasteiger partial charge on any atom is 0.193 e. The van der Waals surface area contributed by atoms with Crippen molar-refractivity contribution >= 4 is 28.9 Å². The Bertz CT molecular complexity index is 415. The summed E-state index contributed by atoms with van der Waals surface area (Å²) < 4.78 is 0.702. The zero-order valence-electron chi connectivity index (χ0n) is 10.4. The minimum atomic E-state index is -0.540. The van der Waals surface area contributed by atoms with E-state index in [9.17, 15) is 5.11 Å². The second kappa shape index (κ2) is 6.41. The molecule has 0 bridgehead atoms. The summed E-state index contributed by atoms with van der Waals surface area (Å²) in [5.41, 5.74) is 0. The van der Waals surface area contributed by atoms with Crippen molar-refractivity contribution in [2.75, 3.05) is 26.7 Å². The Morgan fingerprint density at radius 1 is 1.56 bits per heavy atom. The summed E-state index contributed by atoms with van der Waals surface area (Å²) in [6.07, 6.45) is 1.88. The monoisotopic (exact) mass is 287 g/mol. The number of likely N-dealkylation sites (tertiary alicyclic amines) is 1. The van der Waals surface area contributed by atoms with E-state index in [1.807, 2.05) is 6.07 Å². The molecule has 1 aliphatic rings. The Labute approximate surface area is 116 Å². The van der Waals surface area contributed by atoms with Gasteiger partial charge < -0.3 is 15.3 Å². The fraction of sp³-hybridized carbons (Fsp3) is 0.583. The van der Waals surface area contributed by atoms with E-state index in [-0.39, 0.29) is 0 Å². The molecule has 4 nitrogen and oxygen atoms in total. The van der Waals surface area contributed by atoms with Gasteiger partial charge in [0, 0.05) is 31.6 Å². The van der Waals surface area contributed by atoms with Crippen LogP contribution in [0.2, 0.25) is 4.34 Å². The fourth-order valence-corrected chi connectivity index (χ4v) is 3.10. The van der Waals surface area contributed by atoms with Crippen LogP contribution >= 0.6 is 22.9 Å². The number of nitrogens with one attached hydrogen (secondary N) is 1. The van der Waals surface area contributed by atoms with Crippen LogP contribution in [-0.2, 0) is 0 Å². The summed E-state index contributed by atoms with van der Waals surface area (Å²) >= 11 is 7.26. The van der Waals surface area contributed by atoms with E-state index in [0.29, 0.717) is 10.9 Å². The molecule has 0 amide bonds. The molecule has 2 rings (SSSR count). The number of nitrogens with zero attached hydrogens (tertiary/aromatic N) is 2. The predicted octanol–water partition coefficient (Wildman–Crippen LogP) is 2.11. The van der Waals surface area contributed by atoms with Crippen LogP contribution in [-0.4, -0.2) is 42.6 Å². The molecule has 1 saturated heterocycles. The minimum absolute atomic E-state index is 0.458. The van der Waals surface area contributed by atoms with Crippen molar-refractivity contribution < 1.29 is 5.11 Å². The lowest BCUT2D eigenvalue weighted by Crippen LogP contribution is -2.41. The lowest BCUT2D eigenvalue weighted by Gasteiger charge is -2.22. The molecular weight excluding hydrogens is 270 g/mol. The van der Waals surface area contributed by atoms with Gasteiger partial charge in [-0.15, -0.1) is 11.3 Å². The molecule has 0 aliphatic carbocycles. The predicted molar refractivity (Wildman–Crippen MR) is 76.5 cm³/mol. The maximum absolute atomic E-state index is 10.0. The largest absolute Gasteiger partial charge is 0.386 e. The van der Waals surface area contributed by atoms with Crippen LogP contribution in [0.25, 0.3) is 0 Å². The van der Waals surface area contributed by atoms with E-state index in [2.05, 4.69) is 15.2 Å². The first-order valence-electron chi connectivity index (χ1n) is 6.09. The Hall–Kier alpha value is -0.780. The highest BCUT2D eigenvalue weighted by molar-refractivity contribution is 7.16. The number of hydrogen-bond acceptors (Lipinski definition) is 3. The van der Waals surface area contributed by atoms with Crippen LogP contribution in [0.15, 0.2) is 17.1 Å². The number of hydrogen-bond donors (Lipinski definition) is 2. The molecule has 18 heavy (non-hydrogen) atoms. The highest BCUT2D eigenvalue weighted by Gasteiger charge is 2.17. The molecule has 100 valence electrons. The van der Waals surface area contributed by atoms with Crippen LogP contribution in [0, 0.1) is 0 Å². The van der Waals surface area contributed by atoms with Gasteiger partial charge in [0.25, 0.3) is 0 Å². The van der Waals surface area contributed by atoms with E-state index in [1.54, 1.807) is 13.1 Å². The quantitative estimate of drug-likeness (QED) is 0.661. The van der Waals surface area contributed by atoms with Gasteiger partial charge in [0.1, 0.15) is 6.10 Å². The molecular formula is C12H18ClN3OS. The van der Waals surface area contributed by atoms with Crippen molar-refractivity contribution in [2.45, 2.75) is 18.9 Å². The third-order valence-corrected chi connectivity index (χ3v) is 4.33. The third kappa shape index (κ3) is 3.37. The van der Waals surface area contributed by atoms with E-state index in [1.165, 1.54) is 24.2 Å². The molecule has 0 radical (unpaired) electrons. The lowest BCUT2D eigenvalue weighted by atomic mass is 10.3. The number of thiophene rings is 1. The third-order valence-electron chi connectivity index (χ3n) is 2.99. The zero-order valence-corrected chi connectivity index (χ0v) is 12.0. The SMILES string of the molecule is CN=C(NCC(O)c1ccc(Cl)s1)N1CCCC1. The van der Waals surface area contributed by atoms with Crippen LogP contribution in [0.1, 0.15) is 23.8 Å². The van der Waals surface area contributed by atoms with E-state index in [4.69, 9.17) is 11.6 Å². The van der Waals surface area contributed by atoms with Crippen molar-refractivity contribution in [2.24, 2.45) is 4.99 Å². The first-order valence-corrected chi connectivity index (χ1v) is 7.29. The second-order valence-corrected chi connectivity index (χ2v) is 6.03. The molecule has 2 N–H and O–H groups in total. The fourth-order valence-electron chi connectivity index (χ4n) is 2.06. The van der Waals surface area contributed by atoms with Crippen LogP contribution in [0.4, 0.5) is 0 Å². The number of rotatable bonds is 3. The Kier molecular flexibility index (Phi) is 4.86. The van der Waals surface area contributed by atoms with Gasteiger partial charge in [-0.3, -0.25) is 4.99 Å². The van der Waals surface area contributed by atoms with Crippen LogP contribution in [0.5, 0.6) is 0 Å². The van der Waals surface area contributed by atoms with E-state index in [0.717, 1.165) is 23.9 Å². The number of aliphatic imine (C=N–C) groups is 1. The molecule has 6 heteroatoms. The Balaban J connectivity index is 1.86. The minimum Gasteiger partial charge on any atom is -0.386 e. The van der Waals surface area contributed by atoms with Gasteiger partial charge in [-0.25, -0.2) is 0 Å². The summed E-state index contributed by atoms with van der Waals surface area (Å²) in [4.78, 5) is 7.33. The van der Waals surface area contributed by atoms with Crippen LogP contribution in [0.3, 0.4) is 0 Å². The summed E-state index contributed by atoms with van der Waals surface area (Å²) in [6, 6.07) is 3.66. The molecule has 0 saturated carbocycles. The zero-order chi connectivity index (χ0) is 13.0. The molecule has 1 fully saturated rings. The first kappa shape index (κ1) is 13.6. The van der Waals surface area contributed by atoms with Crippen molar-refractivity contribution in [3.63, 3.8) is 0 Å². The number of aliphatic hydroxyl groups is 1. The van der Waals surface area contributed by atoms with Crippen LogP contribution < -0.4 is 5.32 Å². The molecule has 1 unspecified atom stereocenters. The lowest BCUT2D eigenvalue weighted by molar-refractivity contribution is 0.183. The van der Waals surface area contributed by atoms with Crippen molar-refractivity contribution in [3.8, 4) is 0 Å². The standard InChI is InChI=1S/C12H18ClN3OS/c1-14-12(16-6-2-3-7-16)15-8-9(17)10-4-5-11(13)18-10/h4-5,9,17H,2-3,6-8H2,1H3,(H,14,15). The van der Waals surface area contributed by atoms with Crippen molar-refractivity contribution in [1.82, 2.24) is 10.2 Å². The molecule has 1 atom stereocenters. The van der Waals surface area contributed by atoms with E-state index < -0.39 is 6.10 Å². The smallest absolute Gasteiger partial charge is 0.193 e. The van der Waals surface area contributed by atoms with Gasteiger partial charge in [-0.2, -0.15) is 0 Å². The van der Waals surface area contributed by atoms with Gasteiger partial charge in [-0.05, 0) is 25.0 Å². The number of guanidine groups is 1. The molecule has 0 spiro atoms. The van der Waals surface area contributed by atoms with Crippen molar-refractivity contribution in [1.29, 1.82) is 0 Å². The Morgan fingerprint density at radius 3 is 2.83 bits per heavy atom. The topological polar surface area (TPSA) is 47.9 Å². The van der Waals surface area contributed by atoms with Gasteiger partial charge >= 0.3 is 0 Å². The van der Waals surface area contributed by atoms with Crippen molar-refractivity contribution in [3.05, 3.63) is 21.3 Å². The number of aliphatic hydroxyl groups excluding tert-OH is 1. The molecule has 2 heterocycles. The van der Waals surface area contributed by atoms with E-state index >= 15 is 0 Å². The van der Waals surface area contributed by atoms with Gasteiger partial charge in [-0.1, -0.05) is 11.6 Å². The van der Waals surface area contributed by atoms with Gasteiger partial charge in [0.15, 0.2) is 5.96 Å². The summed E-state index contributed by atoms with van der Waals surface area (Å²) in [7, 11) is 1.77. The average molecular weight is 288 g/mol. The molecule has 1 aliphatic heterocycles. The normalized spacial score (nSPS) is 18.2. The summed E-state index contributed by atoms with van der Waals surface area (Å²) in [5, 5.41) is 13.2. The molecule has 1 aromatic heterocycles. The average Bonchev–Trinajstić information content (AvgIpc) is 3.01. The maximum atomic E-state index is 10.0. The molecule has 1 aromatic rings. The number of halogens is 1. The molecule has 0 aromatic carbocycles. The highest BCUT2D eigenvalue weighted by atomic mass is 35.5. The Morgan fingerprint density at radius 2 is 2.28 bits per heavy atom. The van der Waals surface area contributed by atoms with Gasteiger partial charge in [0.05, 0.1) is 4.34 Å². The van der Waals surface area contributed by atoms with Gasteiger partial charge in [0.2, 0.25) is 0 Å².